The van der Waals surface area contributed by atoms with Gasteiger partial charge in [0.2, 0.25) is 0 Å². The summed E-state index contributed by atoms with van der Waals surface area (Å²) in [5, 5.41) is 3.40. The predicted molar refractivity (Wildman–Crippen MR) is 73.0 cm³/mol. The first-order valence-corrected chi connectivity index (χ1v) is 6.46. The van der Waals surface area contributed by atoms with Crippen molar-refractivity contribution in [3.05, 3.63) is 59.4 Å². The van der Waals surface area contributed by atoms with E-state index in [1.54, 1.807) is 18.3 Å². The fourth-order valence-corrected chi connectivity index (χ4v) is 2.05. The third-order valence-corrected chi connectivity index (χ3v) is 3.02. The number of hydrogen-bond donors (Lipinski definition) is 1. The highest BCUT2D eigenvalue weighted by atomic mass is 19.1. The molecule has 0 aliphatic heterocycles. The molecule has 1 unspecified atom stereocenters. The molecule has 0 aliphatic carbocycles. The summed E-state index contributed by atoms with van der Waals surface area (Å²) in [6.45, 7) is 4.60. The van der Waals surface area contributed by atoms with Gasteiger partial charge in [0.25, 0.3) is 0 Å². The Morgan fingerprint density at radius 1 is 1.32 bits per heavy atom. The number of benzene rings is 1. The van der Waals surface area contributed by atoms with Crippen LogP contribution in [0.2, 0.25) is 0 Å². The van der Waals surface area contributed by atoms with Crippen LogP contribution in [-0.4, -0.2) is 9.97 Å². The first-order valence-electron chi connectivity index (χ1n) is 6.46. The molecule has 1 atom stereocenters. The summed E-state index contributed by atoms with van der Waals surface area (Å²) in [5.41, 5.74) is 1.91. The van der Waals surface area contributed by atoms with Crippen molar-refractivity contribution in [3.63, 3.8) is 0 Å². The van der Waals surface area contributed by atoms with E-state index in [2.05, 4.69) is 22.2 Å². The molecule has 0 bridgehead atoms. The van der Waals surface area contributed by atoms with Crippen molar-refractivity contribution in [3.8, 4) is 0 Å². The molecular formula is C15H18FN3. The van der Waals surface area contributed by atoms with Gasteiger partial charge in [0.1, 0.15) is 11.6 Å². The van der Waals surface area contributed by atoms with Crippen molar-refractivity contribution in [2.24, 2.45) is 0 Å². The lowest BCUT2D eigenvalue weighted by Gasteiger charge is -2.17. The number of aryl methyl sites for hydroxylation is 1. The van der Waals surface area contributed by atoms with Gasteiger partial charge < -0.3 is 5.32 Å². The Morgan fingerprint density at radius 3 is 2.84 bits per heavy atom. The van der Waals surface area contributed by atoms with Crippen LogP contribution in [0.5, 0.6) is 0 Å². The molecule has 1 heterocycles. The van der Waals surface area contributed by atoms with Gasteiger partial charge in [-0.1, -0.05) is 19.1 Å². The van der Waals surface area contributed by atoms with Gasteiger partial charge in [0.15, 0.2) is 0 Å². The first kappa shape index (κ1) is 13.6. The Labute approximate surface area is 112 Å². The second kappa shape index (κ2) is 6.38. The molecule has 0 radical (unpaired) electrons. The second-order valence-electron chi connectivity index (χ2n) is 4.49. The highest BCUT2D eigenvalue weighted by molar-refractivity contribution is 5.20. The Bertz CT molecular complexity index is 542. The molecule has 1 N–H and O–H groups in total. The molecule has 1 aromatic carbocycles. The molecule has 0 fully saturated rings. The third-order valence-electron chi connectivity index (χ3n) is 3.02. The summed E-state index contributed by atoms with van der Waals surface area (Å²) in [6.07, 6.45) is 2.65. The summed E-state index contributed by atoms with van der Waals surface area (Å²) in [4.78, 5) is 8.41. The van der Waals surface area contributed by atoms with Crippen LogP contribution in [-0.2, 0) is 6.54 Å². The normalized spacial score (nSPS) is 12.4. The average Bonchev–Trinajstić information content (AvgIpc) is 2.40. The van der Waals surface area contributed by atoms with Gasteiger partial charge in [-0.3, -0.25) is 0 Å². The van der Waals surface area contributed by atoms with Gasteiger partial charge in [-0.05, 0) is 37.1 Å². The number of rotatable bonds is 5. The van der Waals surface area contributed by atoms with Crippen molar-refractivity contribution < 1.29 is 4.39 Å². The quantitative estimate of drug-likeness (QED) is 0.896. The van der Waals surface area contributed by atoms with E-state index in [9.17, 15) is 4.39 Å². The lowest BCUT2D eigenvalue weighted by molar-refractivity contribution is 0.509. The largest absolute Gasteiger partial charge is 0.304 e. The predicted octanol–water partition coefficient (Wildman–Crippen LogP) is 3.17. The van der Waals surface area contributed by atoms with Gasteiger partial charge in [0, 0.05) is 18.8 Å². The Kier molecular flexibility index (Phi) is 4.58. The Balaban J connectivity index is 2.04. The topological polar surface area (TPSA) is 37.8 Å². The lowest BCUT2D eigenvalue weighted by atomic mass is 10.0. The average molecular weight is 259 g/mol. The van der Waals surface area contributed by atoms with E-state index in [0.29, 0.717) is 6.54 Å². The summed E-state index contributed by atoms with van der Waals surface area (Å²) in [6, 6.07) is 8.74. The van der Waals surface area contributed by atoms with Crippen molar-refractivity contribution in [2.75, 3.05) is 0 Å². The highest BCUT2D eigenvalue weighted by Gasteiger charge is 2.09. The van der Waals surface area contributed by atoms with Gasteiger partial charge >= 0.3 is 0 Å². The molecule has 0 saturated heterocycles. The van der Waals surface area contributed by atoms with Crippen LogP contribution in [0.3, 0.4) is 0 Å². The highest BCUT2D eigenvalue weighted by Crippen LogP contribution is 2.17. The lowest BCUT2D eigenvalue weighted by Crippen LogP contribution is -2.21. The molecule has 4 heteroatoms. The molecule has 19 heavy (non-hydrogen) atoms. The van der Waals surface area contributed by atoms with Crippen LogP contribution in [0.15, 0.2) is 36.5 Å². The van der Waals surface area contributed by atoms with Gasteiger partial charge in [-0.2, -0.15) is 0 Å². The van der Waals surface area contributed by atoms with Crippen LogP contribution in [0.4, 0.5) is 4.39 Å². The van der Waals surface area contributed by atoms with E-state index in [4.69, 9.17) is 0 Å². The monoisotopic (exact) mass is 259 g/mol. The summed E-state index contributed by atoms with van der Waals surface area (Å²) in [5.74, 6) is 0.564. The number of halogens is 1. The fourth-order valence-electron chi connectivity index (χ4n) is 2.05. The van der Waals surface area contributed by atoms with Crippen LogP contribution >= 0.6 is 0 Å². The van der Waals surface area contributed by atoms with E-state index in [1.165, 1.54) is 6.07 Å². The van der Waals surface area contributed by atoms with E-state index in [0.717, 1.165) is 23.5 Å². The maximum atomic E-state index is 13.2. The van der Waals surface area contributed by atoms with Crippen LogP contribution < -0.4 is 5.32 Å². The third kappa shape index (κ3) is 3.83. The standard InChI is InChI=1S/C15H18FN3/c1-3-15(12-5-4-6-13(16)9-12)18-10-14-7-8-17-11(2)19-14/h4-9,15,18H,3,10H2,1-2H3. The van der Waals surface area contributed by atoms with Crippen molar-refractivity contribution in [1.29, 1.82) is 0 Å². The fraction of sp³-hybridized carbons (Fsp3) is 0.333. The van der Waals surface area contributed by atoms with Crippen molar-refractivity contribution in [1.82, 2.24) is 15.3 Å². The second-order valence-corrected chi connectivity index (χ2v) is 4.49. The zero-order chi connectivity index (χ0) is 13.7. The molecule has 0 amide bonds. The summed E-state index contributed by atoms with van der Waals surface area (Å²) >= 11 is 0. The molecule has 1 aromatic heterocycles. The number of aromatic nitrogens is 2. The zero-order valence-corrected chi connectivity index (χ0v) is 11.2. The number of nitrogens with one attached hydrogen (secondary N) is 1. The van der Waals surface area contributed by atoms with E-state index in [-0.39, 0.29) is 11.9 Å². The van der Waals surface area contributed by atoms with Crippen LogP contribution in [0.1, 0.15) is 36.5 Å². The molecule has 0 spiro atoms. The minimum atomic E-state index is -0.198. The zero-order valence-electron chi connectivity index (χ0n) is 11.2. The smallest absolute Gasteiger partial charge is 0.125 e. The Morgan fingerprint density at radius 2 is 2.16 bits per heavy atom. The van der Waals surface area contributed by atoms with E-state index < -0.39 is 0 Å². The molecule has 100 valence electrons. The summed E-state index contributed by atoms with van der Waals surface area (Å²) in [7, 11) is 0. The van der Waals surface area contributed by atoms with Crippen molar-refractivity contribution in [2.45, 2.75) is 32.9 Å². The molecule has 2 rings (SSSR count). The maximum absolute atomic E-state index is 13.2. The van der Waals surface area contributed by atoms with Crippen LogP contribution in [0, 0.1) is 12.7 Å². The van der Waals surface area contributed by atoms with E-state index >= 15 is 0 Å². The van der Waals surface area contributed by atoms with Gasteiger partial charge in [0.05, 0.1) is 5.69 Å². The molecule has 0 saturated carbocycles. The van der Waals surface area contributed by atoms with Gasteiger partial charge in [-0.25, -0.2) is 14.4 Å². The first-order chi connectivity index (χ1) is 9.19. The van der Waals surface area contributed by atoms with E-state index in [1.807, 2.05) is 19.1 Å². The molecule has 3 nitrogen and oxygen atoms in total. The van der Waals surface area contributed by atoms with Crippen molar-refractivity contribution >= 4 is 0 Å². The number of nitrogens with zero attached hydrogens (tertiary/aromatic N) is 2. The Hall–Kier alpha value is -1.81. The SMILES string of the molecule is CCC(NCc1ccnc(C)n1)c1cccc(F)c1. The van der Waals surface area contributed by atoms with Crippen LogP contribution in [0.25, 0.3) is 0 Å². The number of hydrogen-bond acceptors (Lipinski definition) is 3. The molecular weight excluding hydrogens is 241 g/mol. The minimum Gasteiger partial charge on any atom is -0.304 e. The van der Waals surface area contributed by atoms with Gasteiger partial charge in [-0.15, -0.1) is 0 Å². The maximum Gasteiger partial charge on any atom is 0.125 e. The summed E-state index contributed by atoms with van der Waals surface area (Å²) < 4.78 is 13.2. The molecule has 2 aromatic rings. The minimum absolute atomic E-state index is 0.131. The molecule has 0 aliphatic rings.